The molecular formula is C14H21NO5S. The molecule has 0 radical (unpaired) electrons. The van der Waals surface area contributed by atoms with Crippen LogP contribution in [0.3, 0.4) is 0 Å². The molecule has 1 rings (SSSR count). The summed E-state index contributed by atoms with van der Waals surface area (Å²) in [6.45, 7) is 2.70. The van der Waals surface area contributed by atoms with Crippen LogP contribution in [0.4, 0.5) is 0 Å². The minimum absolute atomic E-state index is 0.0242. The third-order valence-electron chi connectivity index (χ3n) is 3.07. The molecule has 0 unspecified atom stereocenters. The summed E-state index contributed by atoms with van der Waals surface area (Å²) < 4.78 is 31.6. The zero-order valence-corrected chi connectivity index (χ0v) is 13.1. The van der Waals surface area contributed by atoms with Crippen LogP contribution in [0.2, 0.25) is 0 Å². The zero-order chi connectivity index (χ0) is 15.9. The van der Waals surface area contributed by atoms with Crippen LogP contribution in [0, 0.1) is 0 Å². The largest absolute Gasteiger partial charge is 0.478 e. The molecular weight excluding hydrogens is 294 g/mol. The lowest BCUT2D eigenvalue weighted by atomic mass is 10.1. The Morgan fingerprint density at radius 2 is 2.05 bits per heavy atom. The van der Waals surface area contributed by atoms with Crippen molar-refractivity contribution in [3.63, 3.8) is 0 Å². The van der Waals surface area contributed by atoms with Crippen molar-refractivity contribution in [2.75, 3.05) is 20.3 Å². The minimum atomic E-state index is -3.68. The Kier molecular flexibility index (Phi) is 6.80. The molecule has 0 aliphatic rings. The molecule has 0 fully saturated rings. The van der Waals surface area contributed by atoms with E-state index in [2.05, 4.69) is 4.72 Å². The molecule has 118 valence electrons. The number of carbonyl (C=O) groups is 1. The predicted molar refractivity (Wildman–Crippen MR) is 79.1 cm³/mol. The van der Waals surface area contributed by atoms with Crippen molar-refractivity contribution >= 4 is 16.0 Å². The first kappa shape index (κ1) is 17.6. The fourth-order valence-corrected chi connectivity index (χ4v) is 2.99. The quantitative estimate of drug-likeness (QED) is 0.676. The van der Waals surface area contributed by atoms with E-state index < -0.39 is 16.0 Å². The van der Waals surface area contributed by atoms with E-state index in [0.717, 1.165) is 6.42 Å². The topological polar surface area (TPSA) is 92.7 Å². The van der Waals surface area contributed by atoms with Gasteiger partial charge < -0.3 is 9.84 Å². The number of methoxy groups -OCH3 is 1. The number of ether oxygens (including phenoxy) is 1. The van der Waals surface area contributed by atoms with Crippen LogP contribution >= 0.6 is 0 Å². The van der Waals surface area contributed by atoms with Gasteiger partial charge in [-0.15, -0.1) is 0 Å². The Labute approximate surface area is 125 Å². The number of nitrogens with one attached hydrogen (secondary N) is 1. The van der Waals surface area contributed by atoms with Crippen LogP contribution in [0.5, 0.6) is 0 Å². The van der Waals surface area contributed by atoms with Gasteiger partial charge in [0.05, 0.1) is 10.5 Å². The van der Waals surface area contributed by atoms with Gasteiger partial charge in [0.15, 0.2) is 0 Å². The molecule has 0 spiro atoms. The lowest BCUT2D eigenvalue weighted by Gasteiger charge is -2.09. The molecule has 0 saturated carbocycles. The number of carboxylic acids is 1. The molecule has 0 bridgehead atoms. The van der Waals surface area contributed by atoms with Gasteiger partial charge in [0.25, 0.3) is 0 Å². The van der Waals surface area contributed by atoms with Crippen LogP contribution < -0.4 is 4.72 Å². The first-order valence-corrected chi connectivity index (χ1v) is 8.25. The van der Waals surface area contributed by atoms with E-state index in [1.54, 1.807) is 13.2 Å². The van der Waals surface area contributed by atoms with Crippen molar-refractivity contribution in [1.82, 2.24) is 4.72 Å². The molecule has 1 aromatic carbocycles. The lowest BCUT2D eigenvalue weighted by Crippen LogP contribution is -2.25. The Morgan fingerprint density at radius 3 is 2.62 bits per heavy atom. The van der Waals surface area contributed by atoms with E-state index in [1.807, 2.05) is 6.92 Å². The smallest absolute Gasteiger partial charge is 0.336 e. The van der Waals surface area contributed by atoms with Crippen LogP contribution in [0.15, 0.2) is 23.1 Å². The van der Waals surface area contributed by atoms with Gasteiger partial charge in [0.1, 0.15) is 0 Å². The second kappa shape index (κ2) is 8.11. The van der Waals surface area contributed by atoms with Gasteiger partial charge in [-0.3, -0.25) is 0 Å². The van der Waals surface area contributed by atoms with E-state index in [0.29, 0.717) is 31.6 Å². The summed E-state index contributed by atoms with van der Waals surface area (Å²) in [7, 11) is -2.09. The normalized spacial score (nSPS) is 11.5. The summed E-state index contributed by atoms with van der Waals surface area (Å²) in [5, 5.41) is 9.13. The number of carboxylic acid groups (broad SMARTS) is 1. The summed E-state index contributed by atoms with van der Waals surface area (Å²) in [6.07, 6.45) is 1.95. The number of hydrogen-bond acceptors (Lipinski definition) is 4. The maximum absolute atomic E-state index is 12.1. The molecule has 7 heteroatoms. The third kappa shape index (κ3) is 5.11. The highest BCUT2D eigenvalue weighted by Gasteiger charge is 2.17. The van der Waals surface area contributed by atoms with Crippen LogP contribution in [-0.2, 0) is 21.2 Å². The molecule has 0 amide bonds. The van der Waals surface area contributed by atoms with E-state index in [4.69, 9.17) is 9.84 Å². The first-order chi connectivity index (χ1) is 9.92. The highest BCUT2D eigenvalue weighted by Crippen LogP contribution is 2.17. The molecule has 6 nitrogen and oxygen atoms in total. The highest BCUT2D eigenvalue weighted by molar-refractivity contribution is 7.89. The molecule has 0 aliphatic heterocycles. The van der Waals surface area contributed by atoms with Gasteiger partial charge in [-0.2, -0.15) is 0 Å². The minimum Gasteiger partial charge on any atom is -0.478 e. The van der Waals surface area contributed by atoms with Crippen molar-refractivity contribution in [2.24, 2.45) is 0 Å². The number of unbranched alkanes of at least 4 members (excludes halogenated alkanes) is 1. The Balaban J connectivity index is 2.83. The van der Waals surface area contributed by atoms with Gasteiger partial charge in [-0.25, -0.2) is 17.9 Å². The number of aryl methyl sites for hydroxylation is 1. The fourth-order valence-electron chi connectivity index (χ4n) is 1.89. The molecule has 21 heavy (non-hydrogen) atoms. The molecule has 1 aromatic rings. The van der Waals surface area contributed by atoms with E-state index in [-0.39, 0.29) is 10.5 Å². The standard InChI is InChI=1S/C14H21NO5S/c1-3-11-6-7-12(10-13(11)14(16)17)21(18,19)15-8-4-5-9-20-2/h6-7,10,15H,3-5,8-9H2,1-2H3,(H,16,17). The monoisotopic (exact) mass is 315 g/mol. The maximum atomic E-state index is 12.1. The third-order valence-corrected chi connectivity index (χ3v) is 4.53. The van der Waals surface area contributed by atoms with E-state index in [9.17, 15) is 13.2 Å². The SMILES string of the molecule is CCc1ccc(S(=O)(=O)NCCCCOC)cc1C(=O)O. The van der Waals surface area contributed by atoms with Crippen molar-refractivity contribution in [3.8, 4) is 0 Å². The molecule has 2 N–H and O–H groups in total. The van der Waals surface area contributed by atoms with Gasteiger partial charge >= 0.3 is 5.97 Å². The summed E-state index contributed by atoms with van der Waals surface area (Å²) >= 11 is 0. The summed E-state index contributed by atoms with van der Waals surface area (Å²) in [5.41, 5.74) is 0.640. The van der Waals surface area contributed by atoms with Gasteiger partial charge in [-0.05, 0) is 37.0 Å². The maximum Gasteiger partial charge on any atom is 0.336 e. The summed E-state index contributed by atoms with van der Waals surface area (Å²) in [6, 6.07) is 4.18. The fraction of sp³-hybridized carbons (Fsp3) is 0.500. The number of aromatic carboxylic acids is 1. The number of hydrogen-bond donors (Lipinski definition) is 2. The van der Waals surface area contributed by atoms with Crippen molar-refractivity contribution in [2.45, 2.75) is 31.1 Å². The second-order valence-electron chi connectivity index (χ2n) is 4.58. The number of benzene rings is 1. The molecule has 0 saturated heterocycles. The number of sulfonamides is 1. The predicted octanol–water partition coefficient (Wildman–Crippen LogP) is 1.65. The Morgan fingerprint density at radius 1 is 1.33 bits per heavy atom. The summed E-state index contributed by atoms with van der Waals surface area (Å²) in [4.78, 5) is 11.1. The Bertz CT molecular complexity index is 583. The molecule has 0 heterocycles. The first-order valence-electron chi connectivity index (χ1n) is 6.77. The highest BCUT2D eigenvalue weighted by atomic mass is 32.2. The van der Waals surface area contributed by atoms with E-state index >= 15 is 0 Å². The average molecular weight is 315 g/mol. The second-order valence-corrected chi connectivity index (χ2v) is 6.34. The van der Waals surface area contributed by atoms with Gasteiger partial charge in [0, 0.05) is 20.3 Å². The van der Waals surface area contributed by atoms with E-state index in [1.165, 1.54) is 12.1 Å². The molecule has 0 atom stereocenters. The van der Waals surface area contributed by atoms with Crippen molar-refractivity contribution in [1.29, 1.82) is 0 Å². The lowest BCUT2D eigenvalue weighted by molar-refractivity contribution is 0.0695. The molecule has 0 aliphatic carbocycles. The zero-order valence-electron chi connectivity index (χ0n) is 12.3. The number of rotatable bonds is 9. The van der Waals surface area contributed by atoms with Crippen molar-refractivity contribution in [3.05, 3.63) is 29.3 Å². The van der Waals surface area contributed by atoms with Crippen LogP contribution in [-0.4, -0.2) is 39.8 Å². The van der Waals surface area contributed by atoms with Crippen molar-refractivity contribution < 1.29 is 23.1 Å². The average Bonchev–Trinajstić information content (AvgIpc) is 2.46. The van der Waals surface area contributed by atoms with Crippen LogP contribution in [0.25, 0.3) is 0 Å². The summed E-state index contributed by atoms with van der Waals surface area (Å²) in [5.74, 6) is -1.12. The molecule has 0 aromatic heterocycles. The van der Waals surface area contributed by atoms with Gasteiger partial charge in [0.2, 0.25) is 10.0 Å². The van der Waals surface area contributed by atoms with Crippen LogP contribution in [0.1, 0.15) is 35.7 Å². The Hall–Kier alpha value is -1.44. The van der Waals surface area contributed by atoms with Gasteiger partial charge in [-0.1, -0.05) is 13.0 Å².